The first-order valence-electron chi connectivity index (χ1n) is 9.17. The van der Waals surface area contributed by atoms with Crippen molar-refractivity contribution in [3.63, 3.8) is 0 Å². The fraction of sp³-hybridized carbons (Fsp3) is 0.650. The standard InChI is InChI=1S/C20H33N3O2.HI/c1-6-21-19(23-12-11-16(13-23)14-24-4)22-15-20(2,3)17-7-9-18(25-5)10-8-17;/h7-10,16H,6,11-15H2,1-5H3,(H,21,22);1H. The van der Waals surface area contributed by atoms with E-state index in [0.29, 0.717) is 5.92 Å². The summed E-state index contributed by atoms with van der Waals surface area (Å²) < 4.78 is 10.6. The molecule has 1 atom stereocenters. The molecular formula is C20H34IN3O2. The Balaban J connectivity index is 0.00000338. The van der Waals surface area contributed by atoms with Crippen molar-refractivity contribution in [1.82, 2.24) is 10.2 Å². The topological polar surface area (TPSA) is 46.1 Å². The van der Waals surface area contributed by atoms with Crippen LogP contribution in [0, 0.1) is 5.92 Å². The summed E-state index contributed by atoms with van der Waals surface area (Å²) in [5.74, 6) is 2.50. The van der Waals surface area contributed by atoms with Crippen molar-refractivity contribution in [2.24, 2.45) is 10.9 Å². The number of hydrogen-bond donors (Lipinski definition) is 1. The number of hydrogen-bond acceptors (Lipinski definition) is 3. The van der Waals surface area contributed by atoms with Gasteiger partial charge in [0.2, 0.25) is 0 Å². The van der Waals surface area contributed by atoms with Crippen LogP contribution in [0.5, 0.6) is 5.75 Å². The summed E-state index contributed by atoms with van der Waals surface area (Å²) in [6.07, 6.45) is 1.17. The summed E-state index contributed by atoms with van der Waals surface area (Å²) >= 11 is 0. The zero-order valence-corrected chi connectivity index (χ0v) is 19.1. The van der Waals surface area contributed by atoms with E-state index in [-0.39, 0.29) is 29.4 Å². The molecule has 0 aliphatic carbocycles. The number of nitrogens with zero attached hydrogens (tertiary/aromatic N) is 2. The van der Waals surface area contributed by atoms with E-state index in [0.717, 1.165) is 44.5 Å². The van der Waals surface area contributed by atoms with Crippen LogP contribution in [-0.4, -0.2) is 57.9 Å². The second-order valence-electron chi connectivity index (χ2n) is 7.34. The van der Waals surface area contributed by atoms with Gasteiger partial charge in [0.1, 0.15) is 5.75 Å². The van der Waals surface area contributed by atoms with Gasteiger partial charge in [0.05, 0.1) is 20.3 Å². The molecule has 26 heavy (non-hydrogen) atoms. The quantitative estimate of drug-likeness (QED) is 0.373. The molecule has 1 heterocycles. The molecule has 1 aliphatic rings. The zero-order chi connectivity index (χ0) is 18.3. The molecule has 5 nitrogen and oxygen atoms in total. The number of aliphatic imine (C=N–C) groups is 1. The van der Waals surface area contributed by atoms with Crippen LogP contribution < -0.4 is 10.1 Å². The third kappa shape index (κ3) is 6.30. The number of methoxy groups -OCH3 is 2. The Morgan fingerprint density at radius 1 is 1.27 bits per heavy atom. The van der Waals surface area contributed by atoms with Crippen LogP contribution in [0.2, 0.25) is 0 Å². The summed E-state index contributed by atoms with van der Waals surface area (Å²) in [6.45, 7) is 11.1. The van der Waals surface area contributed by atoms with E-state index in [1.165, 1.54) is 12.0 Å². The summed E-state index contributed by atoms with van der Waals surface area (Å²) in [6, 6.07) is 8.29. The molecule has 148 valence electrons. The maximum Gasteiger partial charge on any atom is 0.193 e. The van der Waals surface area contributed by atoms with Gasteiger partial charge < -0.3 is 19.7 Å². The SMILES string of the molecule is CCNC(=NCC(C)(C)c1ccc(OC)cc1)N1CCC(COC)C1.I. The molecule has 2 rings (SSSR count). The van der Waals surface area contributed by atoms with E-state index in [1.54, 1.807) is 14.2 Å². The molecule has 0 aromatic heterocycles. The Hall–Kier alpha value is -1.02. The van der Waals surface area contributed by atoms with Gasteiger partial charge in [-0.25, -0.2) is 0 Å². The van der Waals surface area contributed by atoms with E-state index in [9.17, 15) is 0 Å². The summed E-state index contributed by atoms with van der Waals surface area (Å²) in [5, 5.41) is 3.44. The van der Waals surface area contributed by atoms with Crippen molar-refractivity contribution < 1.29 is 9.47 Å². The van der Waals surface area contributed by atoms with Gasteiger partial charge >= 0.3 is 0 Å². The van der Waals surface area contributed by atoms with Crippen molar-refractivity contribution in [1.29, 1.82) is 0 Å². The van der Waals surface area contributed by atoms with E-state index < -0.39 is 0 Å². The molecule has 1 aromatic rings. The molecule has 0 spiro atoms. The van der Waals surface area contributed by atoms with Gasteiger partial charge in [0.15, 0.2) is 5.96 Å². The van der Waals surface area contributed by atoms with Crippen molar-refractivity contribution in [3.8, 4) is 5.75 Å². The minimum absolute atomic E-state index is 0. The third-order valence-corrected chi connectivity index (χ3v) is 4.82. The van der Waals surface area contributed by atoms with Crippen LogP contribution in [0.1, 0.15) is 32.8 Å². The molecule has 0 amide bonds. The van der Waals surface area contributed by atoms with Gasteiger partial charge in [-0.15, -0.1) is 24.0 Å². The van der Waals surface area contributed by atoms with Crippen LogP contribution in [0.15, 0.2) is 29.3 Å². The highest BCUT2D eigenvalue weighted by Gasteiger charge is 2.26. The minimum atomic E-state index is -0.0292. The van der Waals surface area contributed by atoms with Gasteiger partial charge in [-0.3, -0.25) is 4.99 Å². The average Bonchev–Trinajstić information content (AvgIpc) is 3.07. The molecule has 1 N–H and O–H groups in total. The number of guanidine groups is 1. The lowest BCUT2D eigenvalue weighted by molar-refractivity contribution is 0.157. The second kappa shape index (κ2) is 11.0. The lowest BCUT2D eigenvalue weighted by Crippen LogP contribution is -2.41. The highest BCUT2D eigenvalue weighted by Crippen LogP contribution is 2.26. The lowest BCUT2D eigenvalue weighted by Gasteiger charge is -2.26. The van der Waals surface area contributed by atoms with Crippen molar-refractivity contribution in [2.75, 3.05) is 47.0 Å². The Kier molecular flexibility index (Phi) is 9.71. The van der Waals surface area contributed by atoms with Crippen LogP contribution in [-0.2, 0) is 10.2 Å². The number of nitrogens with one attached hydrogen (secondary N) is 1. The van der Waals surface area contributed by atoms with Crippen LogP contribution in [0.4, 0.5) is 0 Å². The van der Waals surface area contributed by atoms with Gasteiger partial charge in [0, 0.05) is 38.1 Å². The highest BCUT2D eigenvalue weighted by atomic mass is 127. The predicted octanol–water partition coefficient (Wildman–Crippen LogP) is 3.52. The Bertz CT molecular complexity index is 561. The molecule has 1 saturated heterocycles. The maximum absolute atomic E-state index is 5.31. The third-order valence-electron chi connectivity index (χ3n) is 4.82. The fourth-order valence-electron chi connectivity index (χ4n) is 3.23. The minimum Gasteiger partial charge on any atom is -0.497 e. The number of halogens is 1. The van der Waals surface area contributed by atoms with Crippen LogP contribution >= 0.6 is 24.0 Å². The van der Waals surface area contributed by atoms with Gasteiger partial charge in [-0.2, -0.15) is 0 Å². The van der Waals surface area contributed by atoms with Crippen LogP contribution in [0.25, 0.3) is 0 Å². The van der Waals surface area contributed by atoms with Gasteiger partial charge in [-0.05, 0) is 31.0 Å². The largest absolute Gasteiger partial charge is 0.497 e. The summed E-state index contributed by atoms with van der Waals surface area (Å²) in [5.41, 5.74) is 1.24. The Morgan fingerprint density at radius 2 is 1.96 bits per heavy atom. The molecule has 0 saturated carbocycles. The van der Waals surface area contributed by atoms with Crippen molar-refractivity contribution in [2.45, 2.75) is 32.6 Å². The number of rotatable bonds is 7. The summed E-state index contributed by atoms with van der Waals surface area (Å²) in [4.78, 5) is 7.30. The molecule has 1 unspecified atom stereocenters. The maximum atomic E-state index is 5.31. The first kappa shape index (κ1) is 23.0. The lowest BCUT2D eigenvalue weighted by atomic mass is 9.85. The molecular weight excluding hydrogens is 441 g/mol. The number of benzene rings is 1. The number of ether oxygens (including phenoxy) is 2. The van der Waals surface area contributed by atoms with E-state index >= 15 is 0 Å². The molecule has 0 bridgehead atoms. The molecule has 6 heteroatoms. The predicted molar refractivity (Wildman–Crippen MR) is 119 cm³/mol. The van der Waals surface area contributed by atoms with Gasteiger partial charge in [-0.1, -0.05) is 26.0 Å². The smallest absolute Gasteiger partial charge is 0.193 e. The Morgan fingerprint density at radius 3 is 2.54 bits per heavy atom. The molecule has 1 aromatic carbocycles. The zero-order valence-electron chi connectivity index (χ0n) is 16.7. The molecule has 1 fully saturated rings. The first-order chi connectivity index (χ1) is 12.0. The Labute approximate surface area is 175 Å². The van der Waals surface area contributed by atoms with Crippen LogP contribution in [0.3, 0.4) is 0 Å². The van der Waals surface area contributed by atoms with Crippen molar-refractivity contribution >= 4 is 29.9 Å². The average molecular weight is 475 g/mol. The highest BCUT2D eigenvalue weighted by molar-refractivity contribution is 14.0. The van der Waals surface area contributed by atoms with Crippen molar-refractivity contribution in [3.05, 3.63) is 29.8 Å². The normalized spacial score (nSPS) is 17.8. The number of likely N-dealkylation sites (tertiary alicyclic amines) is 1. The summed E-state index contributed by atoms with van der Waals surface area (Å²) in [7, 11) is 3.47. The fourth-order valence-corrected chi connectivity index (χ4v) is 3.23. The monoisotopic (exact) mass is 475 g/mol. The molecule has 1 aliphatic heterocycles. The van der Waals surface area contributed by atoms with E-state index in [1.807, 2.05) is 12.1 Å². The van der Waals surface area contributed by atoms with Gasteiger partial charge in [0.25, 0.3) is 0 Å². The second-order valence-corrected chi connectivity index (χ2v) is 7.34. The molecule has 0 radical (unpaired) electrons. The first-order valence-corrected chi connectivity index (χ1v) is 9.17. The van der Waals surface area contributed by atoms with E-state index in [4.69, 9.17) is 14.5 Å². The van der Waals surface area contributed by atoms with E-state index in [2.05, 4.69) is 43.1 Å².